The van der Waals surface area contributed by atoms with Crippen molar-refractivity contribution in [3.05, 3.63) is 5.82 Å². The Hall–Kier alpha value is -0.680. The first-order chi connectivity index (χ1) is 6.75. The van der Waals surface area contributed by atoms with E-state index in [1.165, 1.54) is 18.0 Å². The monoisotopic (exact) mass is 212 g/mol. The molecule has 0 aromatic carbocycles. The highest BCUT2D eigenvalue weighted by Crippen LogP contribution is 2.18. The summed E-state index contributed by atoms with van der Waals surface area (Å²) in [6.45, 7) is 5.32. The quantitative estimate of drug-likeness (QED) is 0.808. The molecule has 1 aliphatic heterocycles. The summed E-state index contributed by atoms with van der Waals surface area (Å²) >= 11 is 1.49. The summed E-state index contributed by atoms with van der Waals surface area (Å²) in [5.74, 6) is 1.64. The van der Waals surface area contributed by atoms with Crippen LogP contribution in [0.5, 0.6) is 0 Å². The van der Waals surface area contributed by atoms with Gasteiger partial charge >= 0.3 is 0 Å². The summed E-state index contributed by atoms with van der Waals surface area (Å²) in [4.78, 5) is 6.58. The first-order valence-corrected chi connectivity index (χ1v) is 5.75. The van der Waals surface area contributed by atoms with Gasteiger partial charge in [-0.15, -0.1) is 0 Å². The highest BCUT2D eigenvalue weighted by Gasteiger charge is 2.17. The van der Waals surface area contributed by atoms with Crippen LogP contribution in [0.25, 0.3) is 0 Å². The maximum absolute atomic E-state index is 4.37. The van der Waals surface area contributed by atoms with E-state index in [9.17, 15) is 0 Å². The molecule has 1 atom stereocenters. The molecule has 1 N–H and O–H groups in total. The Morgan fingerprint density at radius 2 is 2.50 bits per heavy atom. The maximum atomic E-state index is 4.37. The predicted octanol–water partition coefficient (Wildman–Crippen LogP) is 0.892. The predicted molar refractivity (Wildman–Crippen MR) is 58.9 cm³/mol. The van der Waals surface area contributed by atoms with Crippen LogP contribution in [-0.2, 0) is 0 Å². The van der Waals surface area contributed by atoms with Crippen LogP contribution >= 0.6 is 11.5 Å². The molecule has 1 fully saturated rings. The van der Waals surface area contributed by atoms with E-state index < -0.39 is 0 Å². The molecule has 78 valence electrons. The number of aryl methyl sites for hydroxylation is 1. The van der Waals surface area contributed by atoms with Crippen LogP contribution in [0.4, 0.5) is 5.13 Å². The van der Waals surface area contributed by atoms with Crippen molar-refractivity contribution in [1.82, 2.24) is 14.7 Å². The van der Waals surface area contributed by atoms with Crippen LogP contribution in [-0.4, -0.2) is 36.0 Å². The summed E-state index contributed by atoms with van der Waals surface area (Å²) in [5, 5.41) is 4.41. The molecule has 0 aliphatic carbocycles. The lowest BCUT2D eigenvalue weighted by Gasteiger charge is -2.18. The van der Waals surface area contributed by atoms with Crippen molar-refractivity contribution in [3.8, 4) is 0 Å². The molecular weight excluding hydrogens is 196 g/mol. The van der Waals surface area contributed by atoms with E-state index in [-0.39, 0.29) is 0 Å². The molecule has 14 heavy (non-hydrogen) atoms. The van der Waals surface area contributed by atoms with Crippen molar-refractivity contribution in [1.29, 1.82) is 0 Å². The third-order valence-corrected chi connectivity index (χ3v) is 3.46. The van der Waals surface area contributed by atoms with Gasteiger partial charge < -0.3 is 10.2 Å². The summed E-state index contributed by atoms with van der Waals surface area (Å²) in [5.41, 5.74) is 0. The van der Waals surface area contributed by atoms with Gasteiger partial charge in [0.15, 0.2) is 0 Å². The number of aromatic nitrogens is 2. The number of nitrogens with one attached hydrogen (secondary N) is 1. The normalized spacial score (nSPS) is 21.4. The molecule has 0 spiro atoms. The molecule has 0 bridgehead atoms. The Morgan fingerprint density at radius 3 is 3.07 bits per heavy atom. The van der Waals surface area contributed by atoms with Gasteiger partial charge in [0.05, 0.1) is 0 Å². The summed E-state index contributed by atoms with van der Waals surface area (Å²) in [6, 6.07) is 0. The van der Waals surface area contributed by atoms with Crippen molar-refractivity contribution < 1.29 is 0 Å². The molecule has 0 radical (unpaired) electrons. The van der Waals surface area contributed by atoms with Gasteiger partial charge in [-0.2, -0.15) is 4.37 Å². The van der Waals surface area contributed by atoms with E-state index >= 15 is 0 Å². The lowest BCUT2D eigenvalue weighted by Crippen LogP contribution is -2.26. The summed E-state index contributed by atoms with van der Waals surface area (Å²) in [6.07, 6.45) is 1.28. The number of anilines is 1. The van der Waals surface area contributed by atoms with Crippen molar-refractivity contribution >= 4 is 16.7 Å². The second kappa shape index (κ2) is 4.23. The lowest BCUT2D eigenvalue weighted by atomic mass is 10.1. The van der Waals surface area contributed by atoms with E-state index in [0.29, 0.717) is 0 Å². The van der Waals surface area contributed by atoms with Crippen LogP contribution < -0.4 is 10.2 Å². The third-order valence-electron chi connectivity index (χ3n) is 2.54. The maximum Gasteiger partial charge on any atom is 0.204 e. The standard InChI is InChI=1S/C9H16N4S/c1-7-11-9(14-12-7)13(2)6-8-3-4-10-5-8/h8,10H,3-6H2,1-2H3. The molecule has 2 rings (SSSR count). The number of hydrogen-bond donors (Lipinski definition) is 1. The molecule has 4 nitrogen and oxygen atoms in total. The second-order valence-corrected chi connectivity index (χ2v) is 4.59. The molecule has 1 saturated heterocycles. The van der Waals surface area contributed by atoms with Gasteiger partial charge in [0.25, 0.3) is 0 Å². The number of rotatable bonds is 3. The molecule has 1 aromatic heterocycles. The zero-order valence-electron chi connectivity index (χ0n) is 8.66. The minimum atomic E-state index is 0.768. The van der Waals surface area contributed by atoms with E-state index in [0.717, 1.165) is 36.5 Å². The first-order valence-electron chi connectivity index (χ1n) is 4.98. The fourth-order valence-electron chi connectivity index (χ4n) is 1.78. The zero-order valence-corrected chi connectivity index (χ0v) is 9.47. The van der Waals surface area contributed by atoms with E-state index in [4.69, 9.17) is 0 Å². The number of nitrogens with zero attached hydrogens (tertiary/aromatic N) is 3. The van der Waals surface area contributed by atoms with Gasteiger partial charge in [0.2, 0.25) is 5.13 Å². The molecule has 1 aliphatic rings. The highest BCUT2D eigenvalue weighted by atomic mass is 32.1. The average Bonchev–Trinajstić information content (AvgIpc) is 2.75. The van der Waals surface area contributed by atoms with E-state index in [1.807, 2.05) is 6.92 Å². The van der Waals surface area contributed by atoms with Gasteiger partial charge in [-0.3, -0.25) is 0 Å². The van der Waals surface area contributed by atoms with Gasteiger partial charge in [0, 0.05) is 25.1 Å². The molecular formula is C9H16N4S. The van der Waals surface area contributed by atoms with Gasteiger partial charge in [-0.05, 0) is 32.4 Å². The van der Waals surface area contributed by atoms with Crippen LogP contribution in [0.3, 0.4) is 0 Å². The third kappa shape index (κ3) is 2.22. The topological polar surface area (TPSA) is 41.1 Å². The fourth-order valence-corrected chi connectivity index (χ4v) is 2.42. The fraction of sp³-hybridized carbons (Fsp3) is 0.778. The SMILES string of the molecule is Cc1nsc(N(C)CC2CCNC2)n1. The Kier molecular flexibility index (Phi) is 2.98. The van der Waals surface area contributed by atoms with Crippen molar-refractivity contribution in [2.75, 3.05) is 31.6 Å². The van der Waals surface area contributed by atoms with Crippen LogP contribution in [0.2, 0.25) is 0 Å². The Bertz CT molecular complexity index is 293. The second-order valence-electron chi connectivity index (χ2n) is 3.86. The molecule has 0 amide bonds. The van der Waals surface area contributed by atoms with Crippen LogP contribution in [0.1, 0.15) is 12.2 Å². The Labute approximate surface area is 88.5 Å². The minimum Gasteiger partial charge on any atom is -0.350 e. The van der Waals surface area contributed by atoms with Crippen LogP contribution in [0.15, 0.2) is 0 Å². The van der Waals surface area contributed by atoms with E-state index in [2.05, 4.69) is 26.6 Å². The minimum absolute atomic E-state index is 0.768. The molecule has 1 unspecified atom stereocenters. The summed E-state index contributed by atoms with van der Waals surface area (Å²) < 4.78 is 4.19. The molecule has 1 aromatic rings. The smallest absolute Gasteiger partial charge is 0.204 e. The van der Waals surface area contributed by atoms with Crippen molar-refractivity contribution in [3.63, 3.8) is 0 Å². The lowest BCUT2D eigenvalue weighted by molar-refractivity contribution is 0.577. The zero-order chi connectivity index (χ0) is 9.97. The van der Waals surface area contributed by atoms with Gasteiger partial charge in [0.1, 0.15) is 5.82 Å². The van der Waals surface area contributed by atoms with Crippen molar-refractivity contribution in [2.45, 2.75) is 13.3 Å². The van der Waals surface area contributed by atoms with Gasteiger partial charge in [-0.25, -0.2) is 4.98 Å². The number of hydrogen-bond acceptors (Lipinski definition) is 5. The highest BCUT2D eigenvalue weighted by molar-refractivity contribution is 7.09. The molecule has 5 heteroatoms. The Balaban J connectivity index is 1.91. The molecule has 0 saturated carbocycles. The van der Waals surface area contributed by atoms with Gasteiger partial charge in [-0.1, -0.05) is 0 Å². The summed E-state index contributed by atoms with van der Waals surface area (Å²) in [7, 11) is 2.10. The average molecular weight is 212 g/mol. The Morgan fingerprint density at radius 1 is 1.64 bits per heavy atom. The molecule has 2 heterocycles. The van der Waals surface area contributed by atoms with Crippen molar-refractivity contribution in [2.24, 2.45) is 5.92 Å². The first kappa shape index (κ1) is 9.86. The van der Waals surface area contributed by atoms with E-state index in [1.54, 1.807) is 0 Å². The largest absolute Gasteiger partial charge is 0.350 e. The van der Waals surface area contributed by atoms with Crippen LogP contribution in [0, 0.1) is 12.8 Å².